The average Bonchev–Trinajstić information content (AvgIpc) is 3.09. The summed E-state index contributed by atoms with van der Waals surface area (Å²) in [4.78, 5) is 4.07. The molecule has 0 radical (unpaired) electrons. The second-order valence-corrected chi connectivity index (χ2v) is 5.20. The highest BCUT2D eigenvalue weighted by atomic mass is 15.1. The summed E-state index contributed by atoms with van der Waals surface area (Å²) in [5.74, 6) is 0. The summed E-state index contributed by atoms with van der Waals surface area (Å²) >= 11 is 0. The van der Waals surface area contributed by atoms with E-state index >= 15 is 0 Å². The van der Waals surface area contributed by atoms with Crippen LogP contribution in [0.25, 0.3) is 0 Å². The Balaban J connectivity index is 1.69. The Kier molecular flexibility index (Phi) is 3.73. The minimum Gasteiger partial charge on any atom is -0.381 e. The zero-order chi connectivity index (χ0) is 14.7. The number of H-pyrrole nitrogens is 1. The summed E-state index contributed by atoms with van der Waals surface area (Å²) in [5.41, 5.74) is 5.77. The van der Waals surface area contributed by atoms with Gasteiger partial charge in [0.05, 0.1) is 12.0 Å². The number of rotatable bonds is 5. The average molecular weight is 281 g/mol. The van der Waals surface area contributed by atoms with Crippen molar-refractivity contribution in [1.29, 1.82) is 0 Å². The van der Waals surface area contributed by atoms with Gasteiger partial charge in [-0.15, -0.1) is 0 Å². The molecule has 2 aromatic heterocycles. The van der Waals surface area contributed by atoms with Crippen LogP contribution < -0.4 is 5.32 Å². The lowest BCUT2D eigenvalue weighted by Crippen LogP contribution is -2.03. The van der Waals surface area contributed by atoms with Crippen LogP contribution in [0, 0.1) is 13.8 Å². The van der Waals surface area contributed by atoms with Crippen molar-refractivity contribution in [2.45, 2.75) is 26.9 Å². The van der Waals surface area contributed by atoms with E-state index in [1.165, 1.54) is 11.1 Å². The van der Waals surface area contributed by atoms with E-state index in [2.05, 4.69) is 49.3 Å². The number of imidazole rings is 1. The Morgan fingerprint density at radius 1 is 1.29 bits per heavy atom. The number of hydrogen-bond acceptors (Lipinski definition) is 3. The minimum atomic E-state index is 0.780. The maximum atomic E-state index is 4.22. The van der Waals surface area contributed by atoms with Gasteiger partial charge in [0.1, 0.15) is 0 Å². The second kappa shape index (κ2) is 5.83. The molecule has 0 atom stereocenters. The van der Waals surface area contributed by atoms with Crippen LogP contribution in [-0.4, -0.2) is 19.7 Å². The van der Waals surface area contributed by atoms with Crippen LogP contribution in [0.1, 0.15) is 22.5 Å². The quantitative estimate of drug-likeness (QED) is 0.756. The van der Waals surface area contributed by atoms with Crippen LogP contribution in [-0.2, 0) is 13.1 Å². The van der Waals surface area contributed by atoms with E-state index in [1.54, 1.807) is 6.20 Å². The van der Waals surface area contributed by atoms with Crippen molar-refractivity contribution in [2.75, 3.05) is 5.32 Å². The van der Waals surface area contributed by atoms with Gasteiger partial charge in [-0.25, -0.2) is 4.98 Å². The third kappa shape index (κ3) is 3.13. The van der Waals surface area contributed by atoms with Gasteiger partial charge in [0.15, 0.2) is 0 Å². The normalized spacial score (nSPS) is 10.8. The maximum Gasteiger partial charge on any atom is 0.0949 e. The lowest BCUT2D eigenvalue weighted by atomic mass is 10.1. The number of aryl methyl sites for hydroxylation is 2. The molecule has 0 fully saturated rings. The number of aromatic nitrogens is 4. The molecule has 21 heavy (non-hydrogen) atoms. The van der Waals surface area contributed by atoms with Crippen LogP contribution in [0.15, 0.2) is 43.0 Å². The molecule has 0 aliphatic rings. The Morgan fingerprint density at radius 3 is 2.90 bits per heavy atom. The van der Waals surface area contributed by atoms with Crippen molar-refractivity contribution in [3.63, 3.8) is 0 Å². The van der Waals surface area contributed by atoms with Crippen LogP contribution in [0.4, 0.5) is 5.69 Å². The molecular weight excluding hydrogens is 262 g/mol. The summed E-state index contributed by atoms with van der Waals surface area (Å²) in [6, 6.07) is 8.45. The van der Waals surface area contributed by atoms with Crippen molar-refractivity contribution >= 4 is 5.69 Å². The van der Waals surface area contributed by atoms with E-state index in [0.717, 1.165) is 30.2 Å². The van der Waals surface area contributed by atoms with E-state index in [0.29, 0.717) is 0 Å². The maximum absolute atomic E-state index is 4.22. The lowest BCUT2D eigenvalue weighted by Gasteiger charge is -2.09. The lowest BCUT2D eigenvalue weighted by molar-refractivity contribution is 0.797. The Morgan fingerprint density at radius 2 is 2.19 bits per heavy atom. The molecule has 0 saturated heterocycles. The molecule has 0 spiro atoms. The second-order valence-electron chi connectivity index (χ2n) is 5.20. The number of nitrogens with one attached hydrogen (secondary N) is 2. The molecule has 0 bridgehead atoms. The monoisotopic (exact) mass is 281 g/mol. The van der Waals surface area contributed by atoms with Crippen molar-refractivity contribution in [2.24, 2.45) is 0 Å². The van der Waals surface area contributed by atoms with E-state index in [1.807, 2.05) is 26.4 Å². The predicted octanol–water partition coefficient (Wildman–Crippen LogP) is 2.88. The summed E-state index contributed by atoms with van der Waals surface area (Å²) in [5, 5.41) is 10.7. The predicted molar refractivity (Wildman–Crippen MR) is 83.2 cm³/mol. The summed E-state index contributed by atoms with van der Waals surface area (Å²) < 4.78 is 2.06. The number of benzene rings is 1. The van der Waals surface area contributed by atoms with Gasteiger partial charge in [0.25, 0.3) is 0 Å². The topological polar surface area (TPSA) is 58.5 Å². The number of hydrogen-bond donors (Lipinski definition) is 2. The zero-order valence-electron chi connectivity index (χ0n) is 12.3. The van der Waals surface area contributed by atoms with Gasteiger partial charge >= 0.3 is 0 Å². The van der Waals surface area contributed by atoms with Crippen molar-refractivity contribution in [3.05, 3.63) is 65.5 Å². The Hall–Kier alpha value is -2.56. The molecule has 1 aromatic carbocycles. The van der Waals surface area contributed by atoms with E-state index in [9.17, 15) is 0 Å². The van der Waals surface area contributed by atoms with Gasteiger partial charge in [-0.2, -0.15) is 5.10 Å². The van der Waals surface area contributed by atoms with Crippen molar-refractivity contribution < 1.29 is 0 Å². The minimum absolute atomic E-state index is 0.780. The molecule has 2 N–H and O–H groups in total. The third-order valence-corrected chi connectivity index (χ3v) is 3.60. The summed E-state index contributed by atoms with van der Waals surface area (Å²) in [6.07, 6.45) is 5.60. The highest BCUT2D eigenvalue weighted by molar-refractivity contribution is 5.46. The molecule has 3 rings (SSSR count). The highest BCUT2D eigenvalue weighted by Gasteiger charge is 2.05. The first-order chi connectivity index (χ1) is 10.2. The molecule has 5 heteroatoms. The van der Waals surface area contributed by atoms with Crippen LogP contribution in [0.3, 0.4) is 0 Å². The van der Waals surface area contributed by atoms with Gasteiger partial charge < -0.3 is 9.88 Å². The van der Waals surface area contributed by atoms with Gasteiger partial charge in [-0.05, 0) is 31.5 Å². The fraction of sp³-hybridized carbons (Fsp3) is 0.250. The number of nitrogens with zero attached hydrogens (tertiary/aromatic N) is 3. The zero-order valence-corrected chi connectivity index (χ0v) is 12.3. The van der Waals surface area contributed by atoms with Gasteiger partial charge in [0.2, 0.25) is 0 Å². The van der Waals surface area contributed by atoms with Gasteiger partial charge in [-0.3, -0.25) is 5.10 Å². The van der Waals surface area contributed by atoms with Crippen molar-refractivity contribution in [1.82, 2.24) is 19.7 Å². The first-order valence-corrected chi connectivity index (χ1v) is 7.01. The first kappa shape index (κ1) is 13.4. The molecule has 0 saturated carbocycles. The van der Waals surface area contributed by atoms with Gasteiger partial charge in [-0.1, -0.05) is 12.1 Å². The molecule has 5 nitrogen and oxygen atoms in total. The summed E-state index contributed by atoms with van der Waals surface area (Å²) in [6.45, 7) is 5.68. The van der Waals surface area contributed by atoms with Crippen molar-refractivity contribution in [3.8, 4) is 0 Å². The summed E-state index contributed by atoms with van der Waals surface area (Å²) in [7, 11) is 0. The van der Waals surface area contributed by atoms with Crippen LogP contribution >= 0.6 is 0 Å². The number of aromatic amines is 1. The molecular formula is C16H19N5. The Bertz CT molecular complexity index is 693. The third-order valence-electron chi connectivity index (χ3n) is 3.60. The molecule has 108 valence electrons. The fourth-order valence-electron chi connectivity index (χ4n) is 2.40. The molecule has 0 aliphatic carbocycles. The molecule has 0 amide bonds. The standard InChI is InChI=1S/C16H19N5/c1-12-16(13(2)20-19-12)9-18-15-5-3-4-14(8-15)10-21-7-6-17-11-21/h3-8,11,18H,9-10H2,1-2H3,(H,19,20). The van der Waals surface area contributed by atoms with Gasteiger partial charge in [0, 0.05) is 42.4 Å². The largest absolute Gasteiger partial charge is 0.381 e. The van der Waals surface area contributed by atoms with Crippen LogP contribution in [0.5, 0.6) is 0 Å². The Labute approximate surface area is 124 Å². The van der Waals surface area contributed by atoms with E-state index in [4.69, 9.17) is 0 Å². The first-order valence-electron chi connectivity index (χ1n) is 7.01. The molecule has 0 aliphatic heterocycles. The van der Waals surface area contributed by atoms with E-state index in [-0.39, 0.29) is 0 Å². The number of anilines is 1. The fourth-order valence-corrected chi connectivity index (χ4v) is 2.40. The van der Waals surface area contributed by atoms with Crippen LogP contribution in [0.2, 0.25) is 0 Å². The molecule has 2 heterocycles. The van der Waals surface area contributed by atoms with E-state index < -0.39 is 0 Å². The molecule has 3 aromatic rings. The smallest absolute Gasteiger partial charge is 0.0949 e. The molecule has 0 unspecified atom stereocenters. The highest BCUT2D eigenvalue weighted by Crippen LogP contribution is 2.15. The SMILES string of the molecule is Cc1n[nH]c(C)c1CNc1cccc(Cn2ccnc2)c1.